The van der Waals surface area contributed by atoms with Crippen LogP contribution in [-0.2, 0) is 6.54 Å². The van der Waals surface area contributed by atoms with Crippen molar-refractivity contribution in [1.29, 1.82) is 0 Å². The zero-order valence-corrected chi connectivity index (χ0v) is 18.4. The number of carbonyl (C=O) groups is 1. The summed E-state index contributed by atoms with van der Waals surface area (Å²) in [6.45, 7) is 4.43. The smallest absolute Gasteiger partial charge is 0.263 e. The highest BCUT2D eigenvalue weighted by molar-refractivity contribution is 7.19. The van der Waals surface area contributed by atoms with E-state index in [9.17, 15) is 9.59 Å². The summed E-state index contributed by atoms with van der Waals surface area (Å²) in [7, 11) is 1.57. The molecule has 0 aliphatic rings. The average molecular weight is 435 g/mol. The monoisotopic (exact) mass is 434 g/mol. The molecule has 2 aromatic heterocycles. The maximum Gasteiger partial charge on any atom is 0.263 e. The lowest BCUT2D eigenvalue weighted by Gasteiger charge is -2.08. The molecule has 4 rings (SSSR count). The van der Waals surface area contributed by atoms with Gasteiger partial charge in [0, 0.05) is 16.0 Å². The Hall–Kier alpha value is -3.45. The van der Waals surface area contributed by atoms with Gasteiger partial charge in [0.05, 0.1) is 32.0 Å². The molecule has 2 aromatic carbocycles. The molecule has 0 radical (unpaired) electrons. The fraction of sp³-hybridized carbons (Fsp3) is 0.208. The first kappa shape index (κ1) is 20.8. The summed E-state index contributed by atoms with van der Waals surface area (Å²) in [5.74, 6) is 1.29. The number of hydrogen-bond donors (Lipinski definition) is 0. The number of nitrogens with zero attached hydrogens (tertiary/aromatic N) is 2. The van der Waals surface area contributed by atoms with Crippen LogP contribution in [0.4, 0.5) is 0 Å². The van der Waals surface area contributed by atoms with Gasteiger partial charge in [-0.3, -0.25) is 14.2 Å². The first-order valence-corrected chi connectivity index (χ1v) is 10.7. The van der Waals surface area contributed by atoms with E-state index in [1.54, 1.807) is 31.4 Å². The molecule has 4 aromatic rings. The Kier molecular flexibility index (Phi) is 5.86. The minimum absolute atomic E-state index is 0.0777. The Morgan fingerprint density at radius 2 is 1.74 bits per heavy atom. The van der Waals surface area contributed by atoms with Crippen molar-refractivity contribution in [3.05, 3.63) is 75.7 Å². The van der Waals surface area contributed by atoms with Crippen molar-refractivity contribution in [3.63, 3.8) is 0 Å². The minimum Gasteiger partial charge on any atom is -0.497 e. The van der Waals surface area contributed by atoms with Gasteiger partial charge in [-0.15, -0.1) is 11.3 Å². The van der Waals surface area contributed by atoms with E-state index in [-0.39, 0.29) is 17.9 Å². The Labute approximate surface area is 183 Å². The Morgan fingerprint density at radius 1 is 1.06 bits per heavy atom. The van der Waals surface area contributed by atoms with Crippen LogP contribution in [-0.4, -0.2) is 29.1 Å². The van der Waals surface area contributed by atoms with E-state index in [4.69, 9.17) is 9.47 Å². The summed E-state index contributed by atoms with van der Waals surface area (Å²) in [4.78, 5) is 32.2. The van der Waals surface area contributed by atoms with Gasteiger partial charge in [-0.25, -0.2) is 4.98 Å². The highest BCUT2D eigenvalue weighted by Crippen LogP contribution is 2.36. The summed E-state index contributed by atoms with van der Waals surface area (Å²) >= 11 is 1.48. The summed E-state index contributed by atoms with van der Waals surface area (Å²) in [6.07, 6.45) is 1.45. The average Bonchev–Trinajstić information content (AvgIpc) is 3.13. The van der Waals surface area contributed by atoms with E-state index in [1.165, 1.54) is 22.2 Å². The number of ketones is 1. The van der Waals surface area contributed by atoms with E-state index in [0.717, 1.165) is 21.8 Å². The maximum absolute atomic E-state index is 13.3. The number of thiophene rings is 1. The van der Waals surface area contributed by atoms with Crippen LogP contribution in [0.5, 0.6) is 11.5 Å². The molecular weight excluding hydrogens is 412 g/mol. The third-order valence-electron chi connectivity index (χ3n) is 5.03. The van der Waals surface area contributed by atoms with Gasteiger partial charge in [-0.2, -0.15) is 0 Å². The maximum atomic E-state index is 13.3. The normalized spacial score (nSPS) is 10.9. The number of Topliss-reactive ketones (excluding diaryl/α,β-unsaturated/α-hetero) is 1. The molecule has 0 N–H and O–H groups in total. The molecule has 0 bridgehead atoms. The fourth-order valence-electron chi connectivity index (χ4n) is 3.51. The van der Waals surface area contributed by atoms with Crippen LogP contribution in [0, 0.1) is 6.92 Å². The Balaban J connectivity index is 1.71. The van der Waals surface area contributed by atoms with Crippen molar-refractivity contribution in [2.75, 3.05) is 13.7 Å². The molecule has 0 saturated carbocycles. The molecular formula is C24H22N2O4S. The Bertz CT molecular complexity index is 1290. The molecule has 0 unspecified atom stereocenters. The summed E-state index contributed by atoms with van der Waals surface area (Å²) in [5.41, 5.74) is 2.07. The third kappa shape index (κ3) is 4.09. The molecule has 0 saturated heterocycles. The lowest BCUT2D eigenvalue weighted by molar-refractivity contribution is 0.0970. The van der Waals surface area contributed by atoms with E-state index >= 15 is 0 Å². The van der Waals surface area contributed by atoms with Gasteiger partial charge in [-0.1, -0.05) is 12.1 Å². The van der Waals surface area contributed by atoms with Gasteiger partial charge in [0.15, 0.2) is 5.78 Å². The number of aryl methyl sites for hydroxylation is 1. The highest BCUT2D eigenvalue weighted by atomic mass is 32.1. The number of carbonyl (C=O) groups excluding carboxylic acids is 1. The predicted molar refractivity (Wildman–Crippen MR) is 123 cm³/mol. The van der Waals surface area contributed by atoms with Crippen LogP contribution in [0.1, 0.15) is 22.2 Å². The second-order valence-corrected chi connectivity index (χ2v) is 8.20. The van der Waals surface area contributed by atoms with Crippen molar-refractivity contribution in [3.8, 4) is 22.6 Å². The van der Waals surface area contributed by atoms with E-state index in [0.29, 0.717) is 28.1 Å². The number of rotatable bonds is 7. The zero-order valence-electron chi connectivity index (χ0n) is 17.5. The number of hydrogen-bond acceptors (Lipinski definition) is 6. The molecule has 0 spiro atoms. The summed E-state index contributed by atoms with van der Waals surface area (Å²) in [5, 5.41) is 0.539. The summed E-state index contributed by atoms with van der Waals surface area (Å²) < 4.78 is 12.0. The number of fused-ring (bicyclic) bond motifs is 1. The second kappa shape index (κ2) is 8.73. The molecule has 0 atom stereocenters. The zero-order chi connectivity index (χ0) is 22.0. The SMILES string of the molecule is CCOc1ccc(-c2c(C)sc3ncn(CC(=O)c4ccc(OC)cc4)c(=O)c23)cc1. The van der Waals surface area contributed by atoms with Crippen molar-refractivity contribution in [2.24, 2.45) is 0 Å². The first-order valence-electron chi connectivity index (χ1n) is 9.90. The molecule has 0 fully saturated rings. The van der Waals surface area contributed by atoms with E-state index in [1.807, 2.05) is 38.1 Å². The van der Waals surface area contributed by atoms with Crippen LogP contribution >= 0.6 is 11.3 Å². The van der Waals surface area contributed by atoms with Gasteiger partial charge >= 0.3 is 0 Å². The van der Waals surface area contributed by atoms with Crippen molar-refractivity contribution in [1.82, 2.24) is 9.55 Å². The van der Waals surface area contributed by atoms with Gasteiger partial charge in [-0.05, 0) is 55.8 Å². The van der Waals surface area contributed by atoms with Crippen LogP contribution in [0.3, 0.4) is 0 Å². The molecule has 7 heteroatoms. The number of benzene rings is 2. The van der Waals surface area contributed by atoms with Gasteiger partial charge in [0.2, 0.25) is 0 Å². The highest BCUT2D eigenvalue weighted by Gasteiger charge is 2.18. The molecule has 2 heterocycles. The first-order chi connectivity index (χ1) is 15.0. The molecule has 31 heavy (non-hydrogen) atoms. The van der Waals surface area contributed by atoms with E-state index in [2.05, 4.69) is 4.98 Å². The molecule has 0 aliphatic heterocycles. The van der Waals surface area contributed by atoms with Crippen molar-refractivity contribution >= 4 is 27.3 Å². The number of ether oxygens (including phenoxy) is 2. The van der Waals surface area contributed by atoms with Crippen LogP contribution in [0.15, 0.2) is 59.7 Å². The number of methoxy groups -OCH3 is 1. The topological polar surface area (TPSA) is 70.4 Å². The Morgan fingerprint density at radius 3 is 2.39 bits per heavy atom. The minimum atomic E-state index is -0.222. The quantitative estimate of drug-likeness (QED) is 0.394. The van der Waals surface area contributed by atoms with Gasteiger partial charge in [0.1, 0.15) is 16.3 Å². The summed E-state index contributed by atoms with van der Waals surface area (Å²) in [6, 6.07) is 14.5. The largest absolute Gasteiger partial charge is 0.497 e. The van der Waals surface area contributed by atoms with Crippen molar-refractivity contribution < 1.29 is 14.3 Å². The fourth-order valence-corrected chi connectivity index (χ4v) is 4.51. The van der Waals surface area contributed by atoms with Gasteiger partial charge in [0.25, 0.3) is 5.56 Å². The van der Waals surface area contributed by atoms with Gasteiger partial charge < -0.3 is 9.47 Å². The standard InChI is InChI=1S/C24H22N2O4S/c1-4-30-19-11-7-17(8-12-19)21-15(2)31-23-22(21)24(28)26(14-25-23)13-20(27)16-5-9-18(29-3)10-6-16/h5-12,14H,4,13H2,1-3H3. The van der Waals surface area contributed by atoms with Crippen molar-refractivity contribution in [2.45, 2.75) is 20.4 Å². The molecule has 158 valence electrons. The molecule has 0 amide bonds. The molecule has 0 aliphatic carbocycles. The lowest BCUT2D eigenvalue weighted by atomic mass is 10.0. The van der Waals surface area contributed by atoms with Crippen LogP contribution in [0.2, 0.25) is 0 Å². The number of aromatic nitrogens is 2. The van der Waals surface area contributed by atoms with Crippen LogP contribution < -0.4 is 15.0 Å². The third-order valence-corrected chi connectivity index (χ3v) is 6.05. The molecule has 6 nitrogen and oxygen atoms in total. The van der Waals surface area contributed by atoms with Crippen LogP contribution in [0.25, 0.3) is 21.3 Å². The second-order valence-electron chi connectivity index (χ2n) is 7.00. The predicted octanol–water partition coefficient (Wildman–Crippen LogP) is 4.72. The van der Waals surface area contributed by atoms with E-state index < -0.39 is 0 Å². The lowest BCUT2D eigenvalue weighted by Crippen LogP contribution is -2.24.